The van der Waals surface area contributed by atoms with Crippen LogP contribution in [0.5, 0.6) is 0 Å². The maximum absolute atomic E-state index is 13.3. The van der Waals surface area contributed by atoms with Crippen LogP contribution in [0.2, 0.25) is 0 Å². The molecular weight excluding hydrogens is 276 g/mol. The van der Waals surface area contributed by atoms with E-state index in [0.717, 1.165) is 16.9 Å². The zero-order chi connectivity index (χ0) is 14.8. The maximum atomic E-state index is 13.3. The van der Waals surface area contributed by atoms with E-state index in [1.807, 2.05) is 0 Å². The first-order valence-corrected chi connectivity index (χ1v) is 5.72. The van der Waals surface area contributed by atoms with Gasteiger partial charge in [0.05, 0.1) is 6.54 Å². The van der Waals surface area contributed by atoms with Crippen molar-refractivity contribution in [3.8, 4) is 0 Å². The van der Waals surface area contributed by atoms with Crippen molar-refractivity contribution in [1.82, 2.24) is 9.78 Å². The van der Waals surface area contributed by atoms with Gasteiger partial charge in [0.2, 0.25) is 0 Å². The van der Waals surface area contributed by atoms with E-state index < -0.39 is 23.5 Å². The van der Waals surface area contributed by atoms with Crippen molar-refractivity contribution < 1.29 is 22.4 Å². The van der Waals surface area contributed by atoms with E-state index in [1.54, 1.807) is 6.07 Å². The minimum atomic E-state index is -4.54. The zero-order valence-electron chi connectivity index (χ0n) is 10.2. The molecule has 2 aromatic rings. The van der Waals surface area contributed by atoms with Crippen molar-refractivity contribution in [1.29, 1.82) is 0 Å². The molecule has 0 aliphatic rings. The molecule has 7 heteroatoms. The lowest BCUT2D eigenvalue weighted by atomic mass is 10.1. The number of alkyl halides is 3. The van der Waals surface area contributed by atoms with Crippen molar-refractivity contribution in [2.24, 2.45) is 0 Å². The molecule has 0 bridgehead atoms. The topological polar surface area (TPSA) is 34.9 Å². The molecule has 1 aromatic heterocycles. The highest BCUT2D eigenvalue weighted by Crippen LogP contribution is 2.27. The smallest absolute Gasteiger partial charge is 0.297 e. The summed E-state index contributed by atoms with van der Waals surface area (Å²) in [6, 6.07) is 6.54. The van der Waals surface area contributed by atoms with Gasteiger partial charge in [0.1, 0.15) is 5.82 Å². The number of hydrogen-bond donors (Lipinski definition) is 0. The van der Waals surface area contributed by atoms with Crippen LogP contribution in [-0.2, 0) is 23.9 Å². The van der Waals surface area contributed by atoms with E-state index in [0.29, 0.717) is 0 Å². The number of halogens is 4. The van der Waals surface area contributed by atoms with Gasteiger partial charge in [0.25, 0.3) is 0 Å². The van der Waals surface area contributed by atoms with Gasteiger partial charge in [-0.15, -0.1) is 0 Å². The molecule has 0 fully saturated rings. The summed E-state index contributed by atoms with van der Waals surface area (Å²) in [5.41, 5.74) is -0.850. The van der Waals surface area contributed by atoms with E-state index in [1.165, 1.54) is 18.2 Å². The molecule has 0 spiro atoms. The van der Waals surface area contributed by atoms with Gasteiger partial charge in [-0.25, -0.2) is 4.39 Å². The van der Waals surface area contributed by atoms with Gasteiger partial charge in [-0.2, -0.15) is 18.3 Å². The molecule has 0 saturated heterocycles. The number of rotatable bonds is 4. The SMILES string of the molecule is O=C(Cc1ccccc1F)Cn1ccc(C(F)(F)F)n1. The molecule has 106 valence electrons. The number of nitrogens with zero attached hydrogens (tertiary/aromatic N) is 2. The first-order chi connectivity index (χ1) is 9.36. The van der Waals surface area contributed by atoms with Gasteiger partial charge in [0.15, 0.2) is 11.5 Å². The van der Waals surface area contributed by atoms with Crippen LogP contribution in [0.4, 0.5) is 17.6 Å². The van der Waals surface area contributed by atoms with Gasteiger partial charge in [-0.1, -0.05) is 18.2 Å². The highest BCUT2D eigenvalue weighted by molar-refractivity contribution is 5.80. The molecule has 0 aliphatic carbocycles. The van der Waals surface area contributed by atoms with Crippen LogP contribution in [0, 0.1) is 5.82 Å². The predicted molar refractivity (Wildman–Crippen MR) is 62.3 cm³/mol. The number of benzene rings is 1. The number of hydrogen-bond acceptors (Lipinski definition) is 2. The molecule has 20 heavy (non-hydrogen) atoms. The molecule has 1 aromatic carbocycles. The van der Waals surface area contributed by atoms with E-state index in [4.69, 9.17) is 0 Å². The number of ketones is 1. The second-order valence-corrected chi connectivity index (χ2v) is 4.20. The third-order valence-corrected chi connectivity index (χ3v) is 2.61. The van der Waals surface area contributed by atoms with Crippen LogP contribution in [0.15, 0.2) is 36.5 Å². The first-order valence-electron chi connectivity index (χ1n) is 5.72. The number of carbonyl (C=O) groups excluding carboxylic acids is 1. The first kappa shape index (κ1) is 14.2. The van der Waals surface area contributed by atoms with E-state index in [9.17, 15) is 22.4 Å². The van der Waals surface area contributed by atoms with Crippen LogP contribution < -0.4 is 0 Å². The fraction of sp³-hybridized carbons (Fsp3) is 0.231. The summed E-state index contributed by atoms with van der Waals surface area (Å²) in [6.07, 6.45) is -3.66. The average molecular weight is 286 g/mol. The lowest BCUT2D eigenvalue weighted by Crippen LogP contribution is -2.15. The van der Waals surface area contributed by atoms with E-state index in [2.05, 4.69) is 5.10 Å². The van der Waals surface area contributed by atoms with Crippen molar-refractivity contribution >= 4 is 5.78 Å². The molecule has 0 aliphatic heterocycles. The molecule has 0 saturated carbocycles. The number of Topliss-reactive ketones (excluding diaryl/α,β-unsaturated/α-hetero) is 1. The average Bonchev–Trinajstić information content (AvgIpc) is 2.80. The Morgan fingerprint density at radius 1 is 1.20 bits per heavy atom. The Kier molecular flexibility index (Phi) is 3.87. The van der Waals surface area contributed by atoms with Gasteiger partial charge < -0.3 is 0 Å². The Balaban J connectivity index is 2.02. The zero-order valence-corrected chi connectivity index (χ0v) is 10.2. The molecule has 0 radical (unpaired) electrons. The van der Waals surface area contributed by atoms with E-state index >= 15 is 0 Å². The third-order valence-electron chi connectivity index (χ3n) is 2.61. The van der Waals surface area contributed by atoms with Crippen LogP contribution in [0.25, 0.3) is 0 Å². The third kappa shape index (κ3) is 3.43. The minimum absolute atomic E-state index is 0.187. The Morgan fingerprint density at radius 2 is 1.90 bits per heavy atom. The second-order valence-electron chi connectivity index (χ2n) is 4.20. The summed E-state index contributed by atoms with van der Waals surface area (Å²) in [5.74, 6) is -0.941. The highest BCUT2D eigenvalue weighted by Gasteiger charge is 2.33. The summed E-state index contributed by atoms with van der Waals surface area (Å²) < 4.78 is 51.2. The predicted octanol–water partition coefficient (Wildman–Crippen LogP) is 2.85. The van der Waals surface area contributed by atoms with Gasteiger partial charge in [0, 0.05) is 12.6 Å². The summed E-state index contributed by atoms with van der Waals surface area (Å²) in [6.45, 7) is -0.329. The van der Waals surface area contributed by atoms with Gasteiger partial charge >= 0.3 is 6.18 Å². The standard InChI is InChI=1S/C13H10F4N2O/c14-11-4-2-1-3-9(11)7-10(20)8-19-6-5-12(18-19)13(15,16)17/h1-6H,7-8H2. The van der Waals surface area contributed by atoms with Crippen molar-refractivity contribution in [2.75, 3.05) is 0 Å². The van der Waals surface area contributed by atoms with Gasteiger partial charge in [-0.05, 0) is 17.7 Å². The minimum Gasteiger partial charge on any atom is -0.297 e. The Hall–Kier alpha value is -2.18. The summed E-state index contributed by atoms with van der Waals surface area (Å²) in [5, 5.41) is 3.26. The second kappa shape index (κ2) is 5.44. The summed E-state index contributed by atoms with van der Waals surface area (Å²) >= 11 is 0. The van der Waals surface area contributed by atoms with Crippen LogP contribution in [0.3, 0.4) is 0 Å². The molecule has 0 atom stereocenters. The quantitative estimate of drug-likeness (QED) is 0.810. The van der Waals surface area contributed by atoms with Crippen molar-refractivity contribution in [2.45, 2.75) is 19.1 Å². The van der Waals surface area contributed by atoms with Crippen LogP contribution in [0.1, 0.15) is 11.3 Å². The Bertz CT molecular complexity index is 619. The maximum Gasteiger partial charge on any atom is 0.435 e. The fourth-order valence-corrected chi connectivity index (χ4v) is 1.69. The van der Waals surface area contributed by atoms with Crippen molar-refractivity contribution in [3.63, 3.8) is 0 Å². The molecule has 3 nitrogen and oxygen atoms in total. The van der Waals surface area contributed by atoms with E-state index in [-0.39, 0.29) is 18.5 Å². The number of aromatic nitrogens is 2. The monoisotopic (exact) mass is 286 g/mol. The van der Waals surface area contributed by atoms with Crippen LogP contribution >= 0.6 is 0 Å². The molecule has 1 heterocycles. The highest BCUT2D eigenvalue weighted by atomic mass is 19.4. The number of carbonyl (C=O) groups is 1. The molecule has 0 unspecified atom stereocenters. The molecule has 2 rings (SSSR count). The van der Waals surface area contributed by atoms with Crippen molar-refractivity contribution in [3.05, 3.63) is 53.6 Å². The lowest BCUT2D eigenvalue weighted by Gasteiger charge is -2.04. The Labute approximate surface area is 111 Å². The summed E-state index contributed by atoms with van der Waals surface area (Å²) in [4.78, 5) is 11.7. The van der Waals surface area contributed by atoms with Crippen LogP contribution in [-0.4, -0.2) is 15.6 Å². The Morgan fingerprint density at radius 3 is 2.50 bits per heavy atom. The molecular formula is C13H10F4N2O. The summed E-state index contributed by atoms with van der Waals surface area (Å²) in [7, 11) is 0. The fourth-order valence-electron chi connectivity index (χ4n) is 1.69. The lowest BCUT2D eigenvalue weighted by molar-refractivity contribution is -0.141. The molecule has 0 amide bonds. The molecule has 0 N–H and O–H groups in total. The normalized spacial score (nSPS) is 11.6. The largest absolute Gasteiger partial charge is 0.435 e. The van der Waals surface area contributed by atoms with Gasteiger partial charge in [-0.3, -0.25) is 9.48 Å².